The summed E-state index contributed by atoms with van der Waals surface area (Å²) in [6.45, 7) is 5.98. The number of halogens is 1. The molecule has 1 saturated heterocycles. The highest BCUT2D eigenvalue weighted by atomic mass is 35.5. The number of hydrogen-bond donors (Lipinski definition) is 1. The predicted octanol–water partition coefficient (Wildman–Crippen LogP) is 3.85. The third-order valence-electron chi connectivity index (χ3n) is 4.69. The summed E-state index contributed by atoms with van der Waals surface area (Å²) in [5.74, 6) is -0.117. The maximum Gasteiger partial charge on any atom is 0.244 e. The number of benzene rings is 2. The summed E-state index contributed by atoms with van der Waals surface area (Å²) >= 11 is 6.15. The van der Waals surface area contributed by atoms with Crippen LogP contribution in [0.3, 0.4) is 0 Å². The lowest BCUT2D eigenvalue weighted by atomic mass is 10.1. The number of carbonyl (C=O) groups excluding carboxylic acids is 1. The highest BCUT2D eigenvalue weighted by Crippen LogP contribution is 2.18. The van der Waals surface area contributed by atoms with Crippen LogP contribution >= 0.6 is 11.6 Å². The molecule has 0 radical (unpaired) electrons. The second-order valence-electron chi connectivity index (χ2n) is 6.73. The molecular weight excluding hydrogens is 360 g/mol. The van der Waals surface area contributed by atoms with Gasteiger partial charge in [0.05, 0.1) is 19.3 Å². The zero-order valence-electron chi connectivity index (χ0n) is 15.5. The molecule has 1 amide bonds. The molecule has 5 heteroatoms. The summed E-state index contributed by atoms with van der Waals surface area (Å²) in [7, 11) is 0. The van der Waals surface area contributed by atoms with Crippen molar-refractivity contribution >= 4 is 23.6 Å². The van der Waals surface area contributed by atoms with Crippen LogP contribution in [0.25, 0.3) is 6.08 Å². The Bertz CT molecular complexity index is 786. The first kappa shape index (κ1) is 19.6. The highest BCUT2D eigenvalue weighted by Gasteiger charge is 2.19. The molecule has 1 aliphatic rings. The number of rotatable bonds is 6. The fourth-order valence-corrected chi connectivity index (χ4v) is 3.26. The van der Waals surface area contributed by atoms with Crippen molar-refractivity contribution in [3.8, 4) is 0 Å². The van der Waals surface area contributed by atoms with Gasteiger partial charge in [-0.1, -0.05) is 54.1 Å². The van der Waals surface area contributed by atoms with E-state index in [-0.39, 0.29) is 11.9 Å². The average molecular weight is 385 g/mol. The van der Waals surface area contributed by atoms with Crippen LogP contribution < -0.4 is 5.32 Å². The lowest BCUT2D eigenvalue weighted by molar-refractivity contribution is -0.117. The number of nitrogens with one attached hydrogen (secondary N) is 1. The van der Waals surface area contributed by atoms with E-state index in [2.05, 4.69) is 22.3 Å². The summed E-state index contributed by atoms with van der Waals surface area (Å²) in [4.78, 5) is 14.8. The van der Waals surface area contributed by atoms with E-state index >= 15 is 0 Å². The molecule has 0 aliphatic carbocycles. The third kappa shape index (κ3) is 5.93. The van der Waals surface area contributed by atoms with Crippen LogP contribution in [0.5, 0.6) is 0 Å². The van der Waals surface area contributed by atoms with Crippen LogP contribution in [0.2, 0.25) is 5.02 Å². The molecule has 1 heterocycles. The van der Waals surface area contributed by atoms with E-state index in [1.807, 2.05) is 43.3 Å². The number of carbonyl (C=O) groups is 1. The van der Waals surface area contributed by atoms with Gasteiger partial charge in [0.25, 0.3) is 0 Å². The fraction of sp³-hybridized carbons (Fsp3) is 0.318. The first-order valence-corrected chi connectivity index (χ1v) is 9.59. The third-order valence-corrected chi connectivity index (χ3v) is 5.09. The molecule has 1 atom stereocenters. The van der Waals surface area contributed by atoms with Crippen molar-refractivity contribution in [2.45, 2.75) is 13.0 Å². The summed E-state index contributed by atoms with van der Waals surface area (Å²) in [5.41, 5.74) is 3.03. The van der Waals surface area contributed by atoms with Gasteiger partial charge < -0.3 is 10.1 Å². The van der Waals surface area contributed by atoms with Crippen LogP contribution in [0.4, 0.5) is 0 Å². The molecule has 2 aromatic rings. The van der Waals surface area contributed by atoms with E-state index in [0.29, 0.717) is 5.02 Å². The lowest BCUT2D eigenvalue weighted by Crippen LogP contribution is -2.42. The molecule has 0 spiro atoms. The van der Waals surface area contributed by atoms with Crippen LogP contribution in [-0.4, -0.2) is 43.7 Å². The molecular formula is C22H25ClN2O2. The normalized spacial score (nSPS) is 16.4. The number of aryl methyl sites for hydroxylation is 1. The van der Waals surface area contributed by atoms with Crippen molar-refractivity contribution in [3.63, 3.8) is 0 Å². The van der Waals surface area contributed by atoms with Gasteiger partial charge in [0.15, 0.2) is 0 Å². The minimum Gasteiger partial charge on any atom is -0.379 e. The Morgan fingerprint density at radius 2 is 1.96 bits per heavy atom. The van der Waals surface area contributed by atoms with E-state index in [1.54, 1.807) is 12.2 Å². The smallest absolute Gasteiger partial charge is 0.244 e. The Labute approximate surface area is 165 Å². The van der Waals surface area contributed by atoms with Gasteiger partial charge in [-0.15, -0.1) is 0 Å². The van der Waals surface area contributed by atoms with E-state index < -0.39 is 0 Å². The number of amides is 1. The Morgan fingerprint density at radius 1 is 1.22 bits per heavy atom. The van der Waals surface area contributed by atoms with Crippen molar-refractivity contribution in [3.05, 3.63) is 76.3 Å². The Morgan fingerprint density at radius 3 is 2.67 bits per heavy atom. The first-order chi connectivity index (χ1) is 13.1. The van der Waals surface area contributed by atoms with Crippen molar-refractivity contribution < 1.29 is 9.53 Å². The van der Waals surface area contributed by atoms with Crippen molar-refractivity contribution in [1.82, 2.24) is 10.2 Å². The van der Waals surface area contributed by atoms with Gasteiger partial charge in [-0.25, -0.2) is 0 Å². The molecule has 3 rings (SSSR count). The van der Waals surface area contributed by atoms with Gasteiger partial charge in [-0.2, -0.15) is 0 Å². The molecule has 1 fully saturated rings. The predicted molar refractivity (Wildman–Crippen MR) is 110 cm³/mol. The minimum absolute atomic E-state index is 0.0666. The largest absolute Gasteiger partial charge is 0.379 e. The SMILES string of the molecule is Cc1ccc(/C=C/C(=O)NC(CN2CCOCC2)c2ccccc2)cc1Cl. The van der Waals surface area contributed by atoms with E-state index in [4.69, 9.17) is 16.3 Å². The van der Waals surface area contributed by atoms with Gasteiger partial charge in [0.1, 0.15) is 0 Å². The zero-order valence-corrected chi connectivity index (χ0v) is 16.3. The van der Waals surface area contributed by atoms with E-state index in [1.165, 1.54) is 0 Å². The Hall–Kier alpha value is -2.14. The van der Waals surface area contributed by atoms with Gasteiger partial charge >= 0.3 is 0 Å². The first-order valence-electron chi connectivity index (χ1n) is 9.21. The summed E-state index contributed by atoms with van der Waals surface area (Å²) < 4.78 is 5.42. The molecule has 1 aliphatic heterocycles. The Kier molecular flexibility index (Phi) is 7.04. The zero-order chi connectivity index (χ0) is 19.1. The van der Waals surface area contributed by atoms with Crippen LogP contribution in [0.15, 0.2) is 54.6 Å². The standard InChI is InChI=1S/C22H25ClN2O2/c1-17-7-8-18(15-20(17)23)9-10-22(26)24-21(19-5-3-2-4-6-19)16-25-11-13-27-14-12-25/h2-10,15,21H,11-14,16H2,1H3,(H,24,26)/b10-9+. The van der Waals surface area contributed by atoms with Crippen LogP contribution in [-0.2, 0) is 9.53 Å². The molecule has 4 nitrogen and oxygen atoms in total. The summed E-state index contributed by atoms with van der Waals surface area (Å²) in [5, 5.41) is 3.84. The summed E-state index contributed by atoms with van der Waals surface area (Å²) in [6.07, 6.45) is 3.35. The number of ether oxygens (including phenoxy) is 1. The van der Waals surface area contributed by atoms with Gasteiger partial charge in [-0.3, -0.25) is 9.69 Å². The minimum atomic E-state index is -0.117. The van der Waals surface area contributed by atoms with Crippen molar-refractivity contribution in [2.75, 3.05) is 32.8 Å². The van der Waals surface area contributed by atoms with Crippen LogP contribution in [0, 0.1) is 6.92 Å². The monoisotopic (exact) mass is 384 g/mol. The molecule has 1 unspecified atom stereocenters. The molecule has 0 aromatic heterocycles. The molecule has 1 N–H and O–H groups in total. The maximum atomic E-state index is 12.5. The van der Waals surface area contributed by atoms with Gasteiger partial charge in [-0.05, 0) is 35.8 Å². The molecule has 0 bridgehead atoms. The maximum absolute atomic E-state index is 12.5. The number of morpholine rings is 1. The number of hydrogen-bond acceptors (Lipinski definition) is 3. The Balaban J connectivity index is 1.67. The molecule has 142 valence electrons. The van der Waals surface area contributed by atoms with Crippen molar-refractivity contribution in [2.24, 2.45) is 0 Å². The average Bonchev–Trinajstić information content (AvgIpc) is 2.70. The second kappa shape index (κ2) is 9.70. The molecule has 0 saturated carbocycles. The second-order valence-corrected chi connectivity index (χ2v) is 7.13. The fourth-order valence-electron chi connectivity index (χ4n) is 3.07. The van der Waals surface area contributed by atoms with E-state index in [9.17, 15) is 4.79 Å². The van der Waals surface area contributed by atoms with Gasteiger partial charge in [0, 0.05) is 30.7 Å². The lowest BCUT2D eigenvalue weighted by Gasteiger charge is -2.31. The van der Waals surface area contributed by atoms with Crippen molar-refractivity contribution in [1.29, 1.82) is 0 Å². The number of nitrogens with zero attached hydrogens (tertiary/aromatic N) is 1. The molecule has 2 aromatic carbocycles. The topological polar surface area (TPSA) is 41.6 Å². The highest BCUT2D eigenvalue weighted by molar-refractivity contribution is 6.31. The summed E-state index contributed by atoms with van der Waals surface area (Å²) in [6, 6.07) is 15.8. The van der Waals surface area contributed by atoms with Crippen LogP contribution in [0.1, 0.15) is 22.7 Å². The van der Waals surface area contributed by atoms with Gasteiger partial charge in [0.2, 0.25) is 5.91 Å². The van der Waals surface area contributed by atoms with E-state index in [0.717, 1.165) is 49.5 Å². The molecule has 27 heavy (non-hydrogen) atoms. The quantitative estimate of drug-likeness (QED) is 0.769.